The zero-order valence-corrected chi connectivity index (χ0v) is 19.0. The van der Waals surface area contributed by atoms with E-state index in [4.69, 9.17) is 11.6 Å². The summed E-state index contributed by atoms with van der Waals surface area (Å²) in [6.07, 6.45) is 0.323. The summed E-state index contributed by atoms with van der Waals surface area (Å²) in [5.41, 5.74) is 0.375. The summed E-state index contributed by atoms with van der Waals surface area (Å²) >= 11 is 6.23. The van der Waals surface area contributed by atoms with Gasteiger partial charge in [-0.1, -0.05) is 66.2 Å². The van der Waals surface area contributed by atoms with Crippen LogP contribution >= 0.6 is 18.9 Å². The zero-order chi connectivity index (χ0) is 21.9. The monoisotopic (exact) mass is 469 g/mol. The molecule has 0 heterocycles. The van der Waals surface area contributed by atoms with Crippen LogP contribution in [0.1, 0.15) is 5.56 Å². The lowest BCUT2D eigenvalue weighted by Gasteiger charge is -2.28. The molecule has 0 amide bonds. The molecule has 31 heavy (non-hydrogen) atoms. The normalized spacial score (nSPS) is 11.9. The Hall–Kier alpha value is -2.52. The first kappa shape index (κ1) is 21.7. The first-order valence-corrected chi connectivity index (χ1v) is 13.4. The summed E-state index contributed by atoms with van der Waals surface area (Å²) in [5, 5.41) is 3.61. The zero-order valence-electron chi connectivity index (χ0n) is 16.5. The summed E-state index contributed by atoms with van der Waals surface area (Å²) in [6.45, 7) is 0. The molecule has 0 saturated heterocycles. The fourth-order valence-electron chi connectivity index (χ4n) is 3.93. The maximum absolute atomic E-state index is 14.2. The molecule has 6 heteroatoms. The van der Waals surface area contributed by atoms with Gasteiger partial charge in [-0.15, -0.1) is 3.89 Å². The highest BCUT2D eigenvalue weighted by atomic mass is 35.5. The van der Waals surface area contributed by atoms with Gasteiger partial charge in [0.2, 0.25) is 0 Å². The lowest BCUT2D eigenvalue weighted by Crippen LogP contribution is -2.32. The molecule has 0 bridgehead atoms. The number of halogens is 2. The molecule has 0 radical (unpaired) electrons. The number of hydrogen-bond acceptors (Lipinski definition) is 2. The van der Waals surface area contributed by atoms with Crippen LogP contribution in [0.4, 0.5) is 3.89 Å². The van der Waals surface area contributed by atoms with E-state index >= 15 is 0 Å². The van der Waals surface area contributed by atoms with E-state index in [1.165, 1.54) is 12.1 Å². The van der Waals surface area contributed by atoms with Crippen molar-refractivity contribution in [3.8, 4) is 0 Å². The summed E-state index contributed by atoms with van der Waals surface area (Å²) in [5.74, 6) is 0. The minimum Gasteiger partial charge on any atom is -0.189 e. The molecule has 0 atom stereocenters. The summed E-state index contributed by atoms with van der Waals surface area (Å²) in [6, 6.07) is 34.3. The first-order chi connectivity index (χ1) is 14.9. The topological polar surface area (TPSA) is 34.1 Å². The fourth-order valence-corrected chi connectivity index (χ4v) is 9.17. The van der Waals surface area contributed by atoms with Crippen molar-refractivity contribution >= 4 is 45.0 Å². The van der Waals surface area contributed by atoms with Gasteiger partial charge in [-0.3, -0.25) is 0 Å². The molecule has 4 aromatic rings. The molecule has 2 nitrogen and oxygen atoms in total. The molecular formula is C25H20ClFO2PS+. The third kappa shape index (κ3) is 4.43. The molecule has 0 saturated carbocycles. The Labute approximate surface area is 187 Å². The quantitative estimate of drug-likeness (QED) is 0.276. The van der Waals surface area contributed by atoms with Crippen LogP contribution < -0.4 is 15.9 Å². The Morgan fingerprint density at radius 2 is 1.10 bits per heavy atom. The second-order valence-electron chi connectivity index (χ2n) is 7.16. The van der Waals surface area contributed by atoms with Gasteiger partial charge in [-0.2, -0.15) is 8.42 Å². The van der Waals surface area contributed by atoms with E-state index in [2.05, 4.69) is 36.4 Å². The molecule has 0 aromatic heterocycles. The van der Waals surface area contributed by atoms with E-state index in [1.54, 1.807) is 6.07 Å². The molecule has 0 N–H and O–H groups in total. The van der Waals surface area contributed by atoms with E-state index in [0.29, 0.717) is 16.7 Å². The summed E-state index contributed by atoms with van der Waals surface area (Å²) in [7, 11) is -7.29. The Balaban J connectivity index is 2.07. The summed E-state index contributed by atoms with van der Waals surface area (Å²) in [4.78, 5) is -0.330. The SMILES string of the molecule is O=S(=O)(F)c1ccc(Cl)cc1C[P+](c1ccccc1)(c1ccccc1)c1ccccc1. The van der Waals surface area contributed by atoms with Crippen molar-refractivity contribution in [2.75, 3.05) is 0 Å². The van der Waals surface area contributed by atoms with E-state index in [9.17, 15) is 12.3 Å². The van der Waals surface area contributed by atoms with Gasteiger partial charge in [0.05, 0.1) is 6.16 Å². The van der Waals surface area contributed by atoms with Crippen LogP contribution in [0, 0.1) is 0 Å². The van der Waals surface area contributed by atoms with Crippen molar-refractivity contribution in [1.82, 2.24) is 0 Å². The van der Waals surface area contributed by atoms with Crippen molar-refractivity contribution in [2.24, 2.45) is 0 Å². The molecule has 0 aliphatic heterocycles. The lowest BCUT2D eigenvalue weighted by molar-refractivity contribution is 0.551. The van der Waals surface area contributed by atoms with E-state index in [-0.39, 0.29) is 4.90 Å². The van der Waals surface area contributed by atoms with Crippen LogP contribution in [-0.2, 0) is 16.4 Å². The Kier molecular flexibility index (Phi) is 6.24. The fraction of sp³-hybridized carbons (Fsp3) is 0.0400. The van der Waals surface area contributed by atoms with Crippen LogP contribution in [0.5, 0.6) is 0 Å². The predicted molar refractivity (Wildman–Crippen MR) is 129 cm³/mol. The molecule has 0 aliphatic rings. The molecule has 4 rings (SSSR count). The summed E-state index contributed by atoms with van der Waals surface area (Å²) < 4.78 is 38.2. The largest absolute Gasteiger partial charge is 0.332 e. The molecular weight excluding hydrogens is 450 g/mol. The highest BCUT2D eigenvalue weighted by Crippen LogP contribution is 2.58. The molecule has 0 spiro atoms. The van der Waals surface area contributed by atoms with Crippen molar-refractivity contribution in [3.63, 3.8) is 0 Å². The van der Waals surface area contributed by atoms with E-state index in [0.717, 1.165) is 15.9 Å². The number of benzene rings is 4. The van der Waals surface area contributed by atoms with Gasteiger partial charge in [0, 0.05) is 10.6 Å². The average molecular weight is 470 g/mol. The third-order valence-electron chi connectivity index (χ3n) is 5.28. The molecule has 0 fully saturated rings. The van der Waals surface area contributed by atoms with Crippen LogP contribution in [-0.4, -0.2) is 8.42 Å². The highest BCUT2D eigenvalue weighted by molar-refractivity contribution is 7.95. The van der Waals surface area contributed by atoms with Crippen molar-refractivity contribution in [2.45, 2.75) is 11.1 Å². The van der Waals surface area contributed by atoms with Crippen molar-refractivity contribution in [1.29, 1.82) is 0 Å². The number of rotatable bonds is 6. The second-order valence-corrected chi connectivity index (χ2v) is 12.4. The van der Waals surface area contributed by atoms with Crippen molar-refractivity contribution < 1.29 is 12.3 Å². The molecule has 156 valence electrons. The average Bonchev–Trinajstić information content (AvgIpc) is 2.78. The van der Waals surface area contributed by atoms with Crippen LogP contribution in [0.15, 0.2) is 114 Å². The van der Waals surface area contributed by atoms with Gasteiger partial charge >= 0.3 is 10.2 Å². The van der Waals surface area contributed by atoms with E-state index in [1.807, 2.05) is 54.6 Å². The Morgan fingerprint density at radius 1 is 0.677 bits per heavy atom. The third-order valence-corrected chi connectivity index (χ3v) is 10.8. The molecule has 0 aliphatic carbocycles. The van der Waals surface area contributed by atoms with Gasteiger partial charge in [0.1, 0.15) is 28.1 Å². The lowest BCUT2D eigenvalue weighted by atomic mass is 10.2. The predicted octanol–water partition coefficient (Wildman–Crippen LogP) is 5.49. The van der Waals surface area contributed by atoms with Crippen molar-refractivity contribution in [3.05, 3.63) is 120 Å². The Morgan fingerprint density at radius 3 is 1.48 bits per heavy atom. The standard InChI is InChI=1S/C25H20ClFO2PS/c26-21-16-17-25(31(27,28)29)20(18-21)19-30(22-10-4-1-5-11-22,23-12-6-2-7-13-23)24-14-8-3-9-15-24/h1-18H,19H2/q+1. The second kappa shape index (κ2) is 8.92. The molecule has 4 aromatic carbocycles. The minimum atomic E-state index is -4.91. The van der Waals surface area contributed by atoms with Gasteiger partial charge < -0.3 is 0 Å². The van der Waals surface area contributed by atoms with Gasteiger partial charge in [0.25, 0.3) is 0 Å². The van der Waals surface area contributed by atoms with Crippen LogP contribution in [0.25, 0.3) is 0 Å². The van der Waals surface area contributed by atoms with E-state index < -0.39 is 17.5 Å². The minimum absolute atomic E-state index is 0.323. The first-order valence-electron chi connectivity index (χ1n) is 9.69. The maximum Gasteiger partial charge on any atom is 0.332 e. The van der Waals surface area contributed by atoms with Crippen LogP contribution in [0.2, 0.25) is 5.02 Å². The Bertz CT molecular complexity index is 1180. The molecule has 0 unspecified atom stereocenters. The number of hydrogen-bond donors (Lipinski definition) is 0. The maximum atomic E-state index is 14.2. The van der Waals surface area contributed by atoms with Gasteiger partial charge in [-0.05, 0) is 54.6 Å². The van der Waals surface area contributed by atoms with Gasteiger partial charge in [0.15, 0.2) is 0 Å². The highest BCUT2D eigenvalue weighted by Gasteiger charge is 2.46. The van der Waals surface area contributed by atoms with Crippen LogP contribution in [0.3, 0.4) is 0 Å². The smallest absolute Gasteiger partial charge is 0.189 e. The van der Waals surface area contributed by atoms with Gasteiger partial charge in [-0.25, -0.2) is 0 Å².